The predicted octanol–water partition coefficient (Wildman–Crippen LogP) is 3.20. The Morgan fingerprint density at radius 2 is 1.74 bits per heavy atom. The first-order valence-electron chi connectivity index (χ1n) is 8.80. The number of benzene rings is 1. The molecule has 0 radical (unpaired) electrons. The van der Waals surface area contributed by atoms with E-state index in [-0.39, 0.29) is 19.0 Å². The molecule has 1 aromatic heterocycles. The Labute approximate surface area is 155 Å². The van der Waals surface area contributed by atoms with Crippen LogP contribution in [0.25, 0.3) is 5.69 Å². The van der Waals surface area contributed by atoms with Crippen molar-refractivity contribution in [2.24, 2.45) is 0 Å². The van der Waals surface area contributed by atoms with Crippen LogP contribution in [-0.4, -0.2) is 50.6 Å². The van der Waals surface area contributed by atoms with Crippen molar-refractivity contribution in [1.29, 1.82) is 0 Å². The third-order valence-electron chi connectivity index (χ3n) is 5.12. The van der Waals surface area contributed by atoms with Crippen molar-refractivity contribution in [3.8, 4) is 5.69 Å². The van der Waals surface area contributed by atoms with Gasteiger partial charge in [-0.1, -0.05) is 17.7 Å². The van der Waals surface area contributed by atoms with Gasteiger partial charge in [-0.3, -0.25) is 4.79 Å². The molecule has 0 aliphatic carbocycles. The van der Waals surface area contributed by atoms with Crippen LogP contribution in [0.3, 0.4) is 0 Å². The fourth-order valence-corrected chi connectivity index (χ4v) is 3.33. The average Bonchev–Trinajstić information content (AvgIpc) is 3.10. The fraction of sp³-hybridized carbons (Fsp3) is 0.474. The second kappa shape index (κ2) is 6.99. The Morgan fingerprint density at radius 3 is 2.30 bits per heavy atom. The number of carbonyl (C=O) groups is 1. The lowest BCUT2D eigenvalue weighted by Crippen LogP contribution is -2.57. The number of amides is 1. The van der Waals surface area contributed by atoms with E-state index in [9.17, 15) is 23.1 Å². The maximum Gasteiger partial charge on any atom is 0.426 e. The molecule has 1 saturated heterocycles. The molecule has 0 unspecified atom stereocenters. The maximum atomic E-state index is 12.9. The largest absolute Gasteiger partial charge is 0.426 e. The van der Waals surface area contributed by atoms with E-state index in [1.807, 2.05) is 41.9 Å². The molecule has 3 rings (SSSR count). The maximum absolute atomic E-state index is 12.9. The number of rotatable bonds is 3. The normalized spacial score (nSPS) is 18.4. The van der Waals surface area contributed by atoms with Gasteiger partial charge >= 0.3 is 6.18 Å². The number of aryl methyl sites for hydroxylation is 1. The standard InChI is InChI=1S/C19H22F3N3O2/c1-13-3-5-15(6-4-13)25-16(7-10-23-25)14-8-11-24(12-9-14)17(26)18(2,27)19(20,21)22/h3-7,10,14,27H,8-9,11-12H2,1-2H3/t18-/m1/s1. The summed E-state index contributed by atoms with van der Waals surface area (Å²) in [6.45, 7) is 2.83. The third kappa shape index (κ3) is 3.71. The van der Waals surface area contributed by atoms with Gasteiger partial charge in [-0.2, -0.15) is 18.3 Å². The number of hydrogen-bond donors (Lipinski definition) is 1. The Bertz CT molecular complexity index is 804. The minimum atomic E-state index is -5.00. The van der Waals surface area contributed by atoms with E-state index in [0.29, 0.717) is 19.8 Å². The third-order valence-corrected chi connectivity index (χ3v) is 5.12. The quantitative estimate of drug-likeness (QED) is 0.888. The zero-order valence-electron chi connectivity index (χ0n) is 15.2. The molecule has 146 valence electrons. The van der Waals surface area contributed by atoms with Crippen LogP contribution in [0, 0.1) is 6.92 Å². The van der Waals surface area contributed by atoms with E-state index in [1.54, 1.807) is 6.20 Å². The number of piperidine rings is 1. The molecule has 1 amide bonds. The van der Waals surface area contributed by atoms with E-state index < -0.39 is 17.7 Å². The molecule has 0 bridgehead atoms. The van der Waals surface area contributed by atoms with Gasteiger partial charge in [0.05, 0.1) is 5.69 Å². The minimum Gasteiger partial charge on any atom is -0.373 e. The average molecular weight is 381 g/mol. The Kier molecular flexibility index (Phi) is 5.03. The lowest BCUT2D eigenvalue weighted by molar-refractivity contribution is -0.250. The Morgan fingerprint density at radius 1 is 1.15 bits per heavy atom. The smallest absolute Gasteiger partial charge is 0.373 e. The SMILES string of the molecule is Cc1ccc(-n2nccc2C2CCN(C(=O)[C@@](C)(O)C(F)(F)F)CC2)cc1. The van der Waals surface area contributed by atoms with Crippen molar-refractivity contribution < 1.29 is 23.1 Å². The van der Waals surface area contributed by atoms with Crippen LogP contribution >= 0.6 is 0 Å². The lowest BCUT2D eigenvalue weighted by Gasteiger charge is -2.36. The van der Waals surface area contributed by atoms with Crippen LogP contribution in [0.4, 0.5) is 13.2 Å². The summed E-state index contributed by atoms with van der Waals surface area (Å²) in [4.78, 5) is 13.2. The van der Waals surface area contributed by atoms with Gasteiger partial charge < -0.3 is 10.0 Å². The number of aromatic nitrogens is 2. The first-order valence-corrected chi connectivity index (χ1v) is 8.80. The van der Waals surface area contributed by atoms with Gasteiger partial charge in [-0.25, -0.2) is 4.68 Å². The van der Waals surface area contributed by atoms with Gasteiger partial charge in [0.2, 0.25) is 5.60 Å². The van der Waals surface area contributed by atoms with Crippen molar-refractivity contribution in [1.82, 2.24) is 14.7 Å². The van der Waals surface area contributed by atoms with Crippen molar-refractivity contribution >= 4 is 5.91 Å². The van der Waals surface area contributed by atoms with Crippen LogP contribution in [0.5, 0.6) is 0 Å². The first kappa shape index (κ1) is 19.4. The van der Waals surface area contributed by atoms with E-state index in [4.69, 9.17) is 0 Å². The number of carbonyl (C=O) groups excluding carboxylic acids is 1. The first-order chi connectivity index (χ1) is 12.6. The molecule has 1 atom stereocenters. The molecular formula is C19H22F3N3O2. The summed E-state index contributed by atoms with van der Waals surface area (Å²) in [7, 11) is 0. The highest BCUT2D eigenvalue weighted by Gasteiger charge is 2.57. The number of aliphatic hydroxyl groups is 1. The Hall–Kier alpha value is -2.35. The molecule has 27 heavy (non-hydrogen) atoms. The summed E-state index contributed by atoms with van der Waals surface area (Å²) in [6, 6.07) is 9.80. The second-order valence-electron chi connectivity index (χ2n) is 7.14. The number of nitrogens with zero attached hydrogens (tertiary/aromatic N) is 3. The topological polar surface area (TPSA) is 58.4 Å². The molecule has 1 aliphatic heterocycles. The van der Waals surface area contributed by atoms with Crippen molar-refractivity contribution in [3.63, 3.8) is 0 Å². The summed E-state index contributed by atoms with van der Waals surface area (Å²) >= 11 is 0. The summed E-state index contributed by atoms with van der Waals surface area (Å²) < 4.78 is 40.5. The fourth-order valence-electron chi connectivity index (χ4n) is 3.33. The van der Waals surface area contributed by atoms with Gasteiger partial charge in [-0.05, 0) is 44.9 Å². The number of hydrogen-bond acceptors (Lipinski definition) is 3. The predicted molar refractivity (Wildman–Crippen MR) is 93.5 cm³/mol. The molecule has 1 N–H and O–H groups in total. The number of halogens is 3. The van der Waals surface area contributed by atoms with Crippen LogP contribution in [0.15, 0.2) is 36.5 Å². The van der Waals surface area contributed by atoms with Crippen LogP contribution in [0.2, 0.25) is 0 Å². The molecule has 8 heteroatoms. The molecule has 1 aromatic carbocycles. The van der Waals surface area contributed by atoms with Gasteiger partial charge in [0.15, 0.2) is 0 Å². The van der Waals surface area contributed by atoms with Crippen molar-refractivity contribution in [3.05, 3.63) is 47.8 Å². The van der Waals surface area contributed by atoms with Crippen molar-refractivity contribution in [2.45, 2.75) is 44.4 Å². The summed E-state index contributed by atoms with van der Waals surface area (Å²) in [5.74, 6) is -1.21. The molecule has 5 nitrogen and oxygen atoms in total. The molecular weight excluding hydrogens is 359 g/mol. The van der Waals surface area contributed by atoms with E-state index in [1.165, 1.54) is 0 Å². The van der Waals surface area contributed by atoms with E-state index in [2.05, 4.69) is 5.10 Å². The summed E-state index contributed by atoms with van der Waals surface area (Å²) in [5.41, 5.74) is -0.340. The summed E-state index contributed by atoms with van der Waals surface area (Å²) in [5, 5.41) is 14.0. The van der Waals surface area contributed by atoms with Gasteiger partial charge in [-0.15, -0.1) is 0 Å². The molecule has 1 aliphatic rings. The molecule has 2 heterocycles. The lowest BCUT2D eigenvalue weighted by atomic mass is 9.92. The van der Waals surface area contributed by atoms with Crippen LogP contribution < -0.4 is 0 Å². The number of likely N-dealkylation sites (tertiary alicyclic amines) is 1. The Balaban J connectivity index is 1.71. The van der Waals surface area contributed by atoms with Gasteiger partial charge in [0.25, 0.3) is 5.91 Å². The minimum absolute atomic E-state index is 0.0775. The molecule has 1 fully saturated rings. The monoisotopic (exact) mass is 381 g/mol. The van der Waals surface area contributed by atoms with E-state index >= 15 is 0 Å². The van der Waals surface area contributed by atoms with Crippen LogP contribution in [-0.2, 0) is 4.79 Å². The van der Waals surface area contributed by atoms with Crippen molar-refractivity contribution in [2.75, 3.05) is 13.1 Å². The van der Waals surface area contributed by atoms with Gasteiger partial charge in [0.1, 0.15) is 0 Å². The highest BCUT2D eigenvalue weighted by molar-refractivity contribution is 5.85. The number of alkyl halides is 3. The van der Waals surface area contributed by atoms with Crippen LogP contribution in [0.1, 0.15) is 36.9 Å². The highest BCUT2D eigenvalue weighted by atomic mass is 19.4. The van der Waals surface area contributed by atoms with E-state index in [0.717, 1.165) is 21.8 Å². The molecule has 2 aromatic rings. The molecule has 0 spiro atoms. The summed E-state index contributed by atoms with van der Waals surface area (Å²) in [6.07, 6.45) is -2.28. The zero-order chi connectivity index (χ0) is 19.8. The molecule has 0 saturated carbocycles. The highest BCUT2D eigenvalue weighted by Crippen LogP contribution is 2.34. The van der Waals surface area contributed by atoms with Gasteiger partial charge in [0, 0.05) is 30.9 Å². The zero-order valence-corrected chi connectivity index (χ0v) is 15.2. The second-order valence-corrected chi connectivity index (χ2v) is 7.14.